The molecule has 6 heteroatoms. The molecule has 0 aliphatic heterocycles. The Morgan fingerprint density at radius 3 is 2.50 bits per heavy atom. The first-order valence-electron chi connectivity index (χ1n) is 6.99. The Kier molecular flexibility index (Phi) is 6.45. The highest BCUT2D eigenvalue weighted by Crippen LogP contribution is 2.26. The smallest absolute Gasteiger partial charge is 0.242 e. The zero-order valence-corrected chi connectivity index (χ0v) is 13.3. The minimum Gasteiger partial charge on any atom is -0.367 e. The van der Waals surface area contributed by atoms with Gasteiger partial charge in [0.2, 0.25) is 10.0 Å². The molecule has 5 nitrogen and oxygen atoms in total. The molecule has 0 spiro atoms. The van der Waals surface area contributed by atoms with Gasteiger partial charge in [-0.25, -0.2) is 13.1 Å². The molecule has 0 saturated carbocycles. The summed E-state index contributed by atoms with van der Waals surface area (Å²) in [6.45, 7) is 7.53. The summed E-state index contributed by atoms with van der Waals surface area (Å²) in [6, 6.07) is 7.24. The summed E-state index contributed by atoms with van der Waals surface area (Å²) in [7, 11) is -3.48. The predicted octanol–water partition coefficient (Wildman–Crippen LogP) is 1.55. The van der Waals surface area contributed by atoms with E-state index in [0.717, 1.165) is 6.42 Å². The van der Waals surface area contributed by atoms with Crippen LogP contribution in [0.2, 0.25) is 0 Å². The third kappa shape index (κ3) is 4.19. The van der Waals surface area contributed by atoms with Crippen LogP contribution in [0.5, 0.6) is 0 Å². The summed E-state index contributed by atoms with van der Waals surface area (Å²) in [5, 5.41) is 0. The molecule has 20 heavy (non-hydrogen) atoms. The second-order valence-electron chi connectivity index (χ2n) is 4.94. The maximum atomic E-state index is 12.4. The third-order valence-corrected chi connectivity index (χ3v) is 4.51. The molecule has 0 radical (unpaired) electrons. The van der Waals surface area contributed by atoms with E-state index < -0.39 is 10.0 Å². The minimum atomic E-state index is -3.48. The molecular weight excluding hydrogens is 274 g/mol. The van der Waals surface area contributed by atoms with Crippen LogP contribution in [0.4, 0.5) is 5.69 Å². The molecule has 1 rings (SSSR count). The normalized spacial score (nSPS) is 11.8. The van der Waals surface area contributed by atoms with Crippen molar-refractivity contribution in [2.75, 3.05) is 24.5 Å². The Hall–Kier alpha value is -1.11. The summed E-state index contributed by atoms with van der Waals surface area (Å²) in [5.41, 5.74) is 6.34. The molecule has 0 saturated heterocycles. The Bertz CT molecular complexity index is 515. The third-order valence-electron chi connectivity index (χ3n) is 3.00. The number of nitrogens with zero attached hydrogens (tertiary/aromatic N) is 1. The lowest BCUT2D eigenvalue weighted by Gasteiger charge is -2.30. The second kappa shape index (κ2) is 7.61. The summed E-state index contributed by atoms with van der Waals surface area (Å²) in [6.07, 6.45) is 0.762. The number of para-hydroxylation sites is 1. The lowest BCUT2D eigenvalue weighted by molar-refractivity contribution is 0.579. The standard InChI is InChI=1S/C14H25N3O2S/c1-4-10-16-20(18,19)14-8-6-5-7-13(14)17(11-9-15)12(2)3/h5-8,12,16H,4,9-11,15H2,1-3H3. The molecule has 114 valence electrons. The van der Waals surface area contributed by atoms with E-state index in [9.17, 15) is 8.42 Å². The number of hydrogen-bond acceptors (Lipinski definition) is 4. The topological polar surface area (TPSA) is 75.4 Å². The lowest BCUT2D eigenvalue weighted by atomic mass is 10.2. The van der Waals surface area contributed by atoms with Gasteiger partial charge in [0.25, 0.3) is 0 Å². The molecule has 0 amide bonds. The fraction of sp³-hybridized carbons (Fsp3) is 0.571. The molecule has 0 fully saturated rings. The largest absolute Gasteiger partial charge is 0.367 e. The van der Waals surface area contributed by atoms with Crippen LogP contribution in [-0.2, 0) is 10.0 Å². The molecule has 3 N–H and O–H groups in total. The highest BCUT2D eigenvalue weighted by molar-refractivity contribution is 7.89. The van der Waals surface area contributed by atoms with Crippen LogP contribution in [0.15, 0.2) is 29.2 Å². The Labute approximate surface area is 122 Å². The maximum Gasteiger partial charge on any atom is 0.242 e. The van der Waals surface area contributed by atoms with Crippen LogP contribution >= 0.6 is 0 Å². The van der Waals surface area contributed by atoms with Crippen molar-refractivity contribution in [3.05, 3.63) is 24.3 Å². The zero-order chi connectivity index (χ0) is 15.2. The molecule has 0 aliphatic carbocycles. The SMILES string of the molecule is CCCNS(=O)(=O)c1ccccc1N(CCN)C(C)C. The summed E-state index contributed by atoms with van der Waals surface area (Å²) >= 11 is 0. The van der Waals surface area contributed by atoms with Gasteiger partial charge in [-0.1, -0.05) is 19.1 Å². The van der Waals surface area contributed by atoms with Gasteiger partial charge in [0.1, 0.15) is 4.90 Å². The second-order valence-corrected chi connectivity index (χ2v) is 6.68. The van der Waals surface area contributed by atoms with Crippen molar-refractivity contribution in [1.82, 2.24) is 4.72 Å². The van der Waals surface area contributed by atoms with Gasteiger partial charge in [0, 0.05) is 25.7 Å². The molecule has 0 atom stereocenters. The van der Waals surface area contributed by atoms with E-state index in [2.05, 4.69) is 4.72 Å². The van der Waals surface area contributed by atoms with Gasteiger partial charge < -0.3 is 10.6 Å². The molecule has 0 aromatic heterocycles. The van der Waals surface area contributed by atoms with E-state index in [-0.39, 0.29) is 6.04 Å². The lowest BCUT2D eigenvalue weighted by Crippen LogP contribution is -2.37. The van der Waals surface area contributed by atoms with Crippen molar-refractivity contribution in [2.24, 2.45) is 5.73 Å². The molecule has 0 unspecified atom stereocenters. The maximum absolute atomic E-state index is 12.4. The summed E-state index contributed by atoms with van der Waals surface area (Å²) in [5.74, 6) is 0. The summed E-state index contributed by atoms with van der Waals surface area (Å²) < 4.78 is 27.4. The fourth-order valence-electron chi connectivity index (χ4n) is 2.03. The highest BCUT2D eigenvalue weighted by Gasteiger charge is 2.22. The highest BCUT2D eigenvalue weighted by atomic mass is 32.2. The van der Waals surface area contributed by atoms with Crippen molar-refractivity contribution >= 4 is 15.7 Å². The van der Waals surface area contributed by atoms with E-state index in [1.54, 1.807) is 12.1 Å². The van der Waals surface area contributed by atoms with Crippen LogP contribution in [0.1, 0.15) is 27.2 Å². The minimum absolute atomic E-state index is 0.182. The van der Waals surface area contributed by atoms with Gasteiger partial charge in [-0.3, -0.25) is 0 Å². The van der Waals surface area contributed by atoms with Crippen molar-refractivity contribution in [1.29, 1.82) is 0 Å². The van der Waals surface area contributed by atoms with Gasteiger partial charge in [-0.15, -0.1) is 0 Å². The van der Waals surface area contributed by atoms with Gasteiger partial charge >= 0.3 is 0 Å². The molecular formula is C14H25N3O2S. The van der Waals surface area contributed by atoms with Crippen molar-refractivity contribution < 1.29 is 8.42 Å². The average Bonchev–Trinajstić information content (AvgIpc) is 2.42. The quantitative estimate of drug-likeness (QED) is 0.763. The number of nitrogens with one attached hydrogen (secondary N) is 1. The number of rotatable bonds is 8. The Balaban J connectivity index is 3.22. The van der Waals surface area contributed by atoms with Gasteiger partial charge in [-0.05, 0) is 32.4 Å². The van der Waals surface area contributed by atoms with E-state index >= 15 is 0 Å². The Morgan fingerprint density at radius 1 is 1.30 bits per heavy atom. The van der Waals surface area contributed by atoms with E-state index in [4.69, 9.17) is 5.73 Å². The van der Waals surface area contributed by atoms with Gasteiger partial charge in [0.05, 0.1) is 5.69 Å². The first-order valence-corrected chi connectivity index (χ1v) is 8.47. The Morgan fingerprint density at radius 2 is 1.95 bits per heavy atom. The van der Waals surface area contributed by atoms with Crippen molar-refractivity contribution in [3.8, 4) is 0 Å². The molecule has 0 bridgehead atoms. The van der Waals surface area contributed by atoms with Crippen LogP contribution in [-0.4, -0.2) is 34.1 Å². The first-order chi connectivity index (χ1) is 9.44. The van der Waals surface area contributed by atoms with Crippen molar-refractivity contribution in [3.63, 3.8) is 0 Å². The van der Waals surface area contributed by atoms with Crippen LogP contribution in [0, 0.1) is 0 Å². The number of hydrogen-bond donors (Lipinski definition) is 2. The van der Waals surface area contributed by atoms with Gasteiger partial charge in [0.15, 0.2) is 0 Å². The number of nitrogens with two attached hydrogens (primary N) is 1. The van der Waals surface area contributed by atoms with Crippen LogP contribution in [0.3, 0.4) is 0 Å². The van der Waals surface area contributed by atoms with E-state index in [1.807, 2.05) is 37.8 Å². The van der Waals surface area contributed by atoms with Crippen molar-refractivity contribution in [2.45, 2.75) is 38.1 Å². The predicted molar refractivity (Wildman–Crippen MR) is 83.5 cm³/mol. The first kappa shape index (κ1) is 16.9. The average molecular weight is 299 g/mol. The molecule has 1 aromatic rings. The fourth-order valence-corrected chi connectivity index (χ4v) is 3.38. The number of anilines is 1. The molecule has 1 aromatic carbocycles. The zero-order valence-electron chi connectivity index (χ0n) is 12.5. The molecule has 0 heterocycles. The van der Waals surface area contributed by atoms with Gasteiger partial charge in [-0.2, -0.15) is 0 Å². The van der Waals surface area contributed by atoms with E-state index in [0.29, 0.717) is 30.2 Å². The monoisotopic (exact) mass is 299 g/mol. The van der Waals surface area contributed by atoms with Crippen LogP contribution < -0.4 is 15.4 Å². The van der Waals surface area contributed by atoms with Crippen LogP contribution in [0.25, 0.3) is 0 Å². The molecule has 0 aliphatic rings. The van der Waals surface area contributed by atoms with E-state index in [1.165, 1.54) is 0 Å². The number of benzene rings is 1. The number of sulfonamides is 1. The summed E-state index contributed by atoms with van der Waals surface area (Å²) in [4.78, 5) is 2.33.